The van der Waals surface area contributed by atoms with Crippen LogP contribution in [0.1, 0.15) is 43.7 Å². The second-order valence-corrected chi connectivity index (χ2v) is 16.4. The summed E-state index contributed by atoms with van der Waals surface area (Å²) < 4.78 is 0. The minimum Gasteiger partial charge on any atom is -0.208 e. The van der Waals surface area contributed by atoms with E-state index in [4.69, 9.17) is 15.0 Å². The molecule has 278 valence electrons. The largest absolute Gasteiger partial charge is 0.208 e. The molecule has 11 rings (SSSR count). The van der Waals surface area contributed by atoms with Gasteiger partial charge in [0.05, 0.1) is 0 Å². The zero-order chi connectivity index (χ0) is 38.6. The van der Waals surface area contributed by atoms with Gasteiger partial charge in [-0.25, -0.2) is 15.0 Å². The average molecular weight is 746 g/mol. The molecule has 1 fully saturated rings. The molecule has 3 aliphatic rings. The van der Waals surface area contributed by atoms with Crippen molar-refractivity contribution in [1.82, 2.24) is 15.0 Å². The molecule has 8 aromatic rings. The molecule has 3 aliphatic carbocycles. The summed E-state index contributed by atoms with van der Waals surface area (Å²) in [7, 11) is 0. The van der Waals surface area contributed by atoms with E-state index in [0.29, 0.717) is 23.4 Å². The highest BCUT2D eigenvalue weighted by Gasteiger charge is 2.49. The molecule has 3 heteroatoms. The van der Waals surface area contributed by atoms with Crippen molar-refractivity contribution in [2.24, 2.45) is 11.8 Å². The molecule has 0 radical (unpaired) electrons. The van der Waals surface area contributed by atoms with Gasteiger partial charge in [0.25, 0.3) is 0 Å². The van der Waals surface area contributed by atoms with Crippen LogP contribution in [-0.4, -0.2) is 15.0 Å². The number of hydrogen-bond donors (Lipinski definition) is 0. The Morgan fingerprint density at radius 1 is 0.431 bits per heavy atom. The first-order valence-corrected chi connectivity index (χ1v) is 20.7. The molecule has 1 heterocycles. The first kappa shape index (κ1) is 34.5. The summed E-state index contributed by atoms with van der Waals surface area (Å²) in [6.07, 6.45) is 7.58. The fraction of sp³-hybridized carbons (Fsp3) is 0.145. The highest BCUT2D eigenvalue weighted by atomic mass is 15.0. The molecule has 1 saturated carbocycles. The molecule has 0 saturated heterocycles. The summed E-state index contributed by atoms with van der Waals surface area (Å²) in [6, 6.07) is 63.2. The normalized spacial score (nSPS) is 19.0. The van der Waals surface area contributed by atoms with Crippen molar-refractivity contribution >= 4 is 0 Å². The Labute approximate surface area is 340 Å². The van der Waals surface area contributed by atoms with Crippen LogP contribution in [0.4, 0.5) is 0 Å². The molecular formula is C55H43N3. The molecule has 0 N–H and O–H groups in total. The van der Waals surface area contributed by atoms with E-state index >= 15 is 0 Å². The maximum absolute atomic E-state index is 5.29. The van der Waals surface area contributed by atoms with E-state index in [1.54, 1.807) is 5.57 Å². The zero-order valence-electron chi connectivity index (χ0n) is 32.6. The van der Waals surface area contributed by atoms with E-state index in [9.17, 15) is 0 Å². The Morgan fingerprint density at radius 2 is 0.948 bits per heavy atom. The quantitative estimate of drug-likeness (QED) is 0.159. The highest BCUT2D eigenvalue weighted by Crippen LogP contribution is 2.61. The van der Waals surface area contributed by atoms with Gasteiger partial charge in [-0.05, 0) is 105 Å². The van der Waals surface area contributed by atoms with Crippen molar-refractivity contribution in [1.29, 1.82) is 0 Å². The van der Waals surface area contributed by atoms with E-state index in [1.807, 2.05) is 36.4 Å². The molecular weight excluding hydrogens is 703 g/mol. The van der Waals surface area contributed by atoms with Gasteiger partial charge >= 0.3 is 0 Å². The molecule has 0 amide bonds. The van der Waals surface area contributed by atoms with Crippen molar-refractivity contribution < 1.29 is 0 Å². The van der Waals surface area contributed by atoms with Crippen LogP contribution >= 0.6 is 0 Å². The summed E-state index contributed by atoms with van der Waals surface area (Å²) in [5.41, 5.74) is 17.1. The van der Waals surface area contributed by atoms with Crippen molar-refractivity contribution in [3.63, 3.8) is 0 Å². The monoisotopic (exact) mass is 745 g/mol. The van der Waals surface area contributed by atoms with Crippen molar-refractivity contribution in [2.45, 2.75) is 38.0 Å². The van der Waals surface area contributed by atoms with Gasteiger partial charge in [-0.15, -0.1) is 0 Å². The molecule has 3 unspecified atom stereocenters. The first-order valence-electron chi connectivity index (χ1n) is 20.7. The minimum atomic E-state index is -0.0755. The Bertz CT molecular complexity index is 2800. The molecule has 3 atom stereocenters. The van der Waals surface area contributed by atoms with Gasteiger partial charge < -0.3 is 0 Å². The van der Waals surface area contributed by atoms with Gasteiger partial charge in [-0.3, -0.25) is 0 Å². The van der Waals surface area contributed by atoms with Gasteiger partial charge in [-0.1, -0.05) is 182 Å². The lowest BCUT2D eigenvalue weighted by atomic mass is 9.58. The summed E-state index contributed by atoms with van der Waals surface area (Å²) in [5, 5.41) is 0. The van der Waals surface area contributed by atoms with Crippen LogP contribution in [-0.2, 0) is 5.41 Å². The fourth-order valence-electron chi connectivity index (χ4n) is 10.3. The molecule has 1 aromatic heterocycles. The van der Waals surface area contributed by atoms with E-state index < -0.39 is 0 Å². The number of aromatic nitrogens is 3. The Morgan fingerprint density at radius 3 is 1.64 bits per heavy atom. The van der Waals surface area contributed by atoms with Gasteiger partial charge in [-0.2, -0.15) is 0 Å². The van der Waals surface area contributed by atoms with Crippen molar-refractivity contribution in [3.8, 4) is 78.7 Å². The molecule has 7 aromatic carbocycles. The van der Waals surface area contributed by atoms with Gasteiger partial charge in [0.2, 0.25) is 0 Å². The highest BCUT2D eigenvalue weighted by molar-refractivity contribution is 5.93. The molecule has 2 bridgehead atoms. The zero-order valence-corrected chi connectivity index (χ0v) is 32.6. The predicted octanol–water partition coefficient (Wildman–Crippen LogP) is 13.9. The number of fused-ring (bicyclic) bond motifs is 8. The SMILES string of the molecule is CC1C=C2CC(CCC23c2ccccc2-c2ccc(-c4ccc(-c5ccccc5-c5ccccc5)c(-c5nc(-c6ccccc6)nc(-c6ccccc6)n5)c4)cc23)C1. The third-order valence-corrected chi connectivity index (χ3v) is 12.9. The van der Waals surface area contributed by atoms with Crippen LogP contribution in [0.3, 0.4) is 0 Å². The average Bonchev–Trinajstić information content (AvgIpc) is 3.57. The van der Waals surface area contributed by atoms with Gasteiger partial charge in [0.15, 0.2) is 17.5 Å². The summed E-state index contributed by atoms with van der Waals surface area (Å²) in [6.45, 7) is 2.41. The third kappa shape index (κ3) is 5.76. The lowest BCUT2D eigenvalue weighted by Crippen LogP contribution is -2.36. The smallest absolute Gasteiger partial charge is 0.164 e. The van der Waals surface area contributed by atoms with Crippen LogP contribution < -0.4 is 0 Å². The number of nitrogens with zero attached hydrogens (tertiary/aromatic N) is 3. The fourth-order valence-corrected chi connectivity index (χ4v) is 10.3. The second-order valence-electron chi connectivity index (χ2n) is 16.4. The summed E-state index contributed by atoms with van der Waals surface area (Å²) >= 11 is 0. The van der Waals surface area contributed by atoms with Crippen LogP contribution in [0.25, 0.3) is 78.7 Å². The Hall–Kier alpha value is -6.71. The number of allylic oxidation sites excluding steroid dienone is 2. The van der Waals surface area contributed by atoms with Crippen LogP contribution in [0.15, 0.2) is 188 Å². The Balaban J connectivity index is 1.14. The Kier molecular flexibility index (Phi) is 8.36. The summed E-state index contributed by atoms with van der Waals surface area (Å²) in [4.78, 5) is 15.6. The van der Waals surface area contributed by atoms with E-state index in [-0.39, 0.29) is 5.41 Å². The van der Waals surface area contributed by atoms with Gasteiger partial charge in [0, 0.05) is 22.1 Å². The first-order chi connectivity index (χ1) is 28.6. The van der Waals surface area contributed by atoms with E-state index in [1.165, 1.54) is 64.6 Å². The topological polar surface area (TPSA) is 38.7 Å². The van der Waals surface area contributed by atoms with Gasteiger partial charge in [0.1, 0.15) is 0 Å². The van der Waals surface area contributed by atoms with Crippen LogP contribution in [0.2, 0.25) is 0 Å². The third-order valence-electron chi connectivity index (χ3n) is 12.9. The summed E-state index contributed by atoms with van der Waals surface area (Å²) in [5.74, 6) is 3.36. The van der Waals surface area contributed by atoms with E-state index in [2.05, 4.69) is 153 Å². The maximum atomic E-state index is 5.29. The predicted molar refractivity (Wildman–Crippen MR) is 238 cm³/mol. The van der Waals surface area contributed by atoms with Crippen molar-refractivity contribution in [2.75, 3.05) is 0 Å². The number of hydrogen-bond acceptors (Lipinski definition) is 3. The molecule has 0 aliphatic heterocycles. The van der Waals surface area contributed by atoms with Crippen molar-refractivity contribution in [3.05, 3.63) is 199 Å². The molecule has 58 heavy (non-hydrogen) atoms. The van der Waals surface area contributed by atoms with E-state index in [0.717, 1.165) is 39.3 Å². The maximum Gasteiger partial charge on any atom is 0.164 e. The second kappa shape index (κ2) is 14.0. The van der Waals surface area contributed by atoms with Crippen LogP contribution in [0.5, 0.6) is 0 Å². The van der Waals surface area contributed by atoms with Crippen LogP contribution in [0, 0.1) is 11.8 Å². The number of benzene rings is 7. The lowest BCUT2D eigenvalue weighted by molar-refractivity contribution is 0.284. The standard InChI is InChI=1S/C55H43N3/c1-36-31-37-29-30-55(43(32-36)33-37)50-24-14-13-23-47(50)48-28-26-42(35-51(48)55)41-25-27-46(45-22-12-11-21-44(45)38-15-5-2-6-16-38)49(34-41)54-57-52(39-17-7-3-8-18-39)56-53(58-54)40-19-9-4-10-20-40/h2-28,32,34-37H,29-31,33H2,1H3. The minimum absolute atomic E-state index is 0.0755. The molecule has 3 nitrogen and oxygen atoms in total. The molecule has 1 spiro atoms. The lowest BCUT2D eigenvalue weighted by Gasteiger charge is -2.45. The number of rotatable bonds is 6.